The van der Waals surface area contributed by atoms with Gasteiger partial charge < -0.3 is 4.90 Å². The molecule has 0 atom stereocenters. The number of benzene rings is 3. The molecular weight excluding hydrogens is 278 g/mol. The minimum absolute atomic E-state index is 1.14. The number of allylic oxidation sites excluding steroid dienone is 2. The maximum absolute atomic E-state index is 3.71. The van der Waals surface area contributed by atoms with Gasteiger partial charge in [-0.1, -0.05) is 73.3 Å². The van der Waals surface area contributed by atoms with E-state index >= 15 is 0 Å². The quantitative estimate of drug-likeness (QED) is 0.495. The minimum atomic E-state index is 1.14. The van der Waals surface area contributed by atoms with Gasteiger partial charge in [0.1, 0.15) is 0 Å². The molecule has 3 aromatic carbocycles. The Kier molecular flexibility index (Phi) is 4.70. The topological polar surface area (TPSA) is 3.24 Å². The van der Waals surface area contributed by atoms with E-state index in [1.54, 1.807) is 6.08 Å². The zero-order valence-corrected chi connectivity index (χ0v) is 13.0. The molecule has 1 nitrogen and oxygen atoms in total. The molecule has 3 aromatic rings. The molecule has 0 aliphatic heterocycles. The molecule has 0 bridgehead atoms. The molecule has 0 spiro atoms. The van der Waals surface area contributed by atoms with Gasteiger partial charge in [-0.15, -0.1) is 0 Å². The van der Waals surface area contributed by atoms with Crippen LogP contribution < -0.4 is 4.90 Å². The van der Waals surface area contributed by atoms with Gasteiger partial charge in [0.2, 0.25) is 0 Å². The zero-order chi connectivity index (χ0) is 15.9. The van der Waals surface area contributed by atoms with Crippen molar-refractivity contribution in [2.45, 2.75) is 0 Å². The fourth-order valence-corrected chi connectivity index (χ4v) is 2.52. The first-order valence-electron chi connectivity index (χ1n) is 7.68. The summed E-state index contributed by atoms with van der Waals surface area (Å²) in [5.41, 5.74) is 4.59. The Balaban J connectivity index is 2.02. The molecule has 0 unspecified atom stereocenters. The van der Waals surface area contributed by atoms with Crippen LogP contribution in [0.3, 0.4) is 0 Å². The van der Waals surface area contributed by atoms with Crippen molar-refractivity contribution in [3.05, 3.63) is 109 Å². The summed E-state index contributed by atoms with van der Waals surface area (Å²) in [4.78, 5) is 2.25. The normalized spacial score (nSPS) is 10.6. The number of hydrogen-bond acceptors (Lipinski definition) is 1. The highest BCUT2D eigenvalue weighted by atomic mass is 15.1. The highest BCUT2D eigenvalue weighted by Crippen LogP contribution is 2.34. The maximum Gasteiger partial charge on any atom is 0.0462 e. The summed E-state index contributed by atoms with van der Waals surface area (Å²) in [7, 11) is 0. The monoisotopic (exact) mass is 297 g/mol. The summed E-state index contributed by atoms with van der Waals surface area (Å²) in [6.45, 7) is 3.71. The number of rotatable bonds is 5. The number of hydrogen-bond donors (Lipinski definition) is 0. The van der Waals surface area contributed by atoms with E-state index < -0.39 is 0 Å². The average Bonchev–Trinajstić information content (AvgIpc) is 2.63. The summed E-state index contributed by atoms with van der Waals surface area (Å²) in [6, 6.07) is 29.3. The first-order chi connectivity index (χ1) is 11.4. The molecule has 0 N–H and O–H groups in total. The van der Waals surface area contributed by atoms with Gasteiger partial charge in [-0.3, -0.25) is 0 Å². The van der Waals surface area contributed by atoms with E-state index in [9.17, 15) is 0 Å². The summed E-state index contributed by atoms with van der Waals surface area (Å²) in [6.07, 6.45) is 5.78. The van der Waals surface area contributed by atoms with Crippen LogP contribution in [-0.2, 0) is 0 Å². The van der Waals surface area contributed by atoms with E-state index in [2.05, 4.69) is 84.3 Å². The second-order valence-electron chi connectivity index (χ2n) is 5.19. The molecule has 0 fully saturated rings. The van der Waals surface area contributed by atoms with E-state index in [1.807, 2.05) is 24.3 Å². The van der Waals surface area contributed by atoms with E-state index in [1.165, 1.54) is 0 Å². The van der Waals surface area contributed by atoms with Crippen molar-refractivity contribution in [1.29, 1.82) is 0 Å². The fourth-order valence-electron chi connectivity index (χ4n) is 2.52. The van der Waals surface area contributed by atoms with E-state index in [-0.39, 0.29) is 0 Å². The molecule has 0 aromatic heterocycles. The van der Waals surface area contributed by atoms with Gasteiger partial charge in [-0.2, -0.15) is 0 Å². The van der Waals surface area contributed by atoms with Crippen LogP contribution in [0.5, 0.6) is 0 Å². The summed E-state index contributed by atoms with van der Waals surface area (Å²) < 4.78 is 0. The lowest BCUT2D eigenvalue weighted by atomic mass is 10.1. The molecule has 112 valence electrons. The van der Waals surface area contributed by atoms with Crippen LogP contribution >= 0.6 is 0 Å². The predicted octanol–water partition coefficient (Wildman–Crippen LogP) is 6.36. The van der Waals surface area contributed by atoms with Gasteiger partial charge in [0, 0.05) is 17.1 Å². The highest BCUT2D eigenvalue weighted by Gasteiger charge is 2.10. The van der Waals surface area contributed by atoms with E-state index in [4.69, 9.17) is 0 Å². The average molecular weight is 297 g/mol. The van der Waals surface area contributed by atoms with Crippen LogP contribution in [0.1, 0.15) is 5.56 Å². The summed E-state index contributed by atoms with van der Waals surface area (Å²) >= 11 is 0. The van der Waals surface area contributed by atoms with E-state index in [0.717, 1.165) is 22.6 Å². The van der Waals surface area contributed by atoms with Crippen molar-refractivity contribution in [2.75, 3.05) is 4.90 Å². The first kappa shape index (κ1) is 14.9. The second-order valence-corrected chi connectivity index (χ2v) is 5.19. The lowest BCUT2D eigenvalue weighted by molar-refractivity contribution is 1.28. The maximum atomic E-state index is 3.71. The summed E-state index contributed by atoms with van der Waals surface area (Å²) in [5.74, 6) is 0. The Morgan fingerprint density at radius 2 is 1.09 bits per heavy atom. The van der Waals surface area contributed by atoms with E-state index in [0.29, 0.717) is 0 Å². The van der Waals surface area contributed by atoms with Crippen LogP contribution in [0.2, 0.25) is 0 Å². The van der Waals surface area contributed by atoms with Crippen LogP contribution in [0.15, 0.2) is 104 Å². The van der Waals surface area contributed by atoms with Crippen molar-refractivity contribution in [1.82, 2.24) is 0 Å². The molecule has 0 aliphatic rings. The number of para-hydroxylation sites is 2. The van der Waals surface area contributed by atoms with Crippen LogP contribution in [-0.4, -0.2) is 0 Å². The van der Waals surface area contributed by atoms with Crippen molar-refractivity contribution < 1.29 is 0 Å². The molecule has 0 heterocycles. The summed E-state index contributed by atoms with van der Waals surface area (Å²) in [5, 5.41) is 0. The van der Waals surface area contributed by atoms with Crippen molar-refractivity contribution in [3.63, 3.8) is 0 Å². The lowest BCUT2D eigenvalue weighted by Gasteiger charge is -2.25. The Hall–Kier alpha value is -3.06. The van der Waals surface area contributed by atoms with Crippen molar-refractivity contribution in [3.8, 4) is 0 Å². The Morgan fingerprint density at radius 3 is 1.57 bits per heavy atom. The lowest BCUT2D eigenvalue weighted by Crippen LogP contribution is -2.09. The zero-order valence-electron chi connectivity index (χ0n) is 13.0. The minimum Gasteiger partial charge on any atom is -0.311 e. The van der Waals surface area contributed by atoms with Crippen molar-refractivity contribution in [2.24, 2.45) is 0 Å². The van der Waals surface area contributed by atoms with Crippen LogP contribution in [0.4, 0.5) is 17.1 Å². The third-order valence-electron chi connectivity index (χ3n) is 3.60. The molecular formula is C22H19N. The molecule has 0 amide bonds. The van der Waals surface area contributed by atoms with Crippen LogP contribution in [0.25, 0.3) is 6.08 Å². The molecule has 1 heteroatoms. The fraction of sp³-hybridized carbons (Fsp3) is 0. The SMILES string of the molecule is C=C/C=C/c1ccc(N(c2ccccc2)c2ccccc2)cc1. The molecule has 23 heavy (non-hydrogen) atoms. The van der Waals surface area contributed by atoms with Gasteiger partial charge in [0.05, 0.1) is 0 Å². The van der Waals surface area contributed by atoms with Gasteiger partial charge in [0.25, 0.3) is 0 Å². The third kappa shape index (κ3) is 3.58. The Bertz CT molecular complexity index is 732. The number of anilines is 3. The molecule has 0 radical (unpaired) electrons. The third-order valence-corrected chi connectivity index (χ3v) is 3.60. The molecule has 0 saturated heterocycles. The molecule has 0 aliphatic carbocycles. The Morgan fingerprint density at radius 1 is 0.609 bits per heavy atom. The van der Waals surface area contributed by atoms with Crippen molar-refractivity contribution >= 4 is 23.1 Å². The number of nitrogens with zero attached hydrogens (tertiary/aromatic N) is 1. The van der Waals surface area contributed by atoms with Gasteiger partial charge in [-0.05, 0) is 42.0 Å². The predicted molar refractivity (Wildman–Crippen MR) is 100 cm³/mol. The van der Waals surface area contributed by atoms with Gasteiger partial charge in [-0.25, -0.2) is 0 Å². The first-order valence-corrected chi connectivity index (χ1v) is 7.68. The Labute approximate surface area is 137 Å². The van der Waals surface area contributed by atoms with Gasteiger partial charge >= 0.3 is 0 Å². The largest absolute Gasteiger partial charge is 0.311 e. The second kappa shape index (κ2) is 7.28. The van der Waals surface area contributed by atoms with Crippen LogP contribution in [0, 0.1) is 0 Å². The molecule has 3 rings (SSSR count). The smallest absolute Gasteiger partial charge is 0.0462 e. The standard InChI is InChI=1S/C22H19N/c1-2-3-10-19-15-17-22(18-16-19)23(20-11-6-4-7-12-20)21-13-8-5-9-14-21/h2-18H,1H2/b10-3+. The molecule has 0 saturated carbocycles. The highest BCUT2D eigenvalue weighted by molar-refractivity contribution is 5.76. The van der Waals surface area contributed by atoms with Gasteiger partial charge in [0.15, 0.2) is 0 Å².